The van der Waals surface area contributed by atoms with Gasteiger partial charge in [-0.25, -0.2) is 18.2 Å². The number of benzene rings is 1. The molecule has 1 aromatic heterocycles. The number of allylic oxidation sites excluding steroid dienone is 1. The van der Waals surface area contributed by atoms with Crippen LogP contribution in [0.1, 0.15) is 65.7 Å². The second-order valence-electron chi connectivity index (χ2n) is 16.0. The number of nitrogens with one attached hydrogen (secondary N) is 3. The van der Waals surface area contributed by atoms with Crippen molar-refractivity contribution >= 4 is 50.3 Å². The van der Waals surface area contributed by atoms with Crippen LogP contribution in [0.25, 0.3) is 10.8 Å². The maximum Gasteiger partial charge on any atom is 0.405 e. The first-order valence-corrected chi connectivity index (χ1v) is 20.4. The molecule has 54 heavy (non-hydrogen) atoms. The number of ether oxygens (including phenoxy) is 2. The molecule has 5 aliphatic rings. The van der Waals surface area contributed by atoms with Crippen LogP contribution < -0.4 is 25.0 Å². The number of carbonyl (C=O) groups is 4. The molecule has 4 fully saturated rings. The van der Waals surface area contributed by atoms with Gasteiger partial charge in [0.05, 0.1) is 36.4 Å². The Labute approximate surface area is 315 Å². The predicted octanol–water partition coefficient (Wildman–Crippen LogP) is 2.94. The van der Waals surface area contributed by atoms with E-state index in [-0.39, 0.29) is 25.3 Å². The fourth-order valence-electron chi connectivity index (χ4n) is 8.19. The van der Waals surface area contributed by atoms with E-state index in [0.717, 1.165) is 22.9 Å². The minimum atomic E-state index is -4.00. The van der Waals surface area contributed by atoms with Gasteiger partial charge >= 0.3 is 6.09 Å². The average Bonchev–Trinajstić information content (AvgIpc) is 4.02. The molecule has 15 nitrogen and oxygen atoms in total. The molecule has 2 saturated carbocycles. The number of hydrogen-bond donors (Lipinski definition) is 4. The van der Waals surface area contributed by atoms with E-state index in [9.17, 15) is 32.7 Å². The van der Waals surface area contributed by atoms with Gasteiger partial charge in [-0.05, 0) is 63.4 Å². The first kappa shape index (κ1) is 37.9. The van der Waals surface area contributed by atoms with Gasteiger partial charge in [0.1, 0.15) is 23.7 Å². The zero-order valence-electron chi connectivity index (χ0n) is 31.0. The number of fused-ring (bicyclic) bond motifs is 3. The van der Waals surface area contributed by atoms with Gasteiger partial charge in [0.25, 0.3) is 5.91 Å². The Morgan fingerprint density at radius 2 is 1.81 bits per heavy atom. The number of nitrogens with zero attached hydrogens (tertiary/aromatic N) is 3. The molecule has 7 rings (SSSR count). The molecule has 4 N–H and O–H groups in total. The first-order chi connectivity index (χ1) is 25.7. The summed E-state index contributed by atoms with van der Waals surface area (Å²) in [5.74, 6) is -2.44. The van der Waals surface area contributed by atoms with Gasteiger partial charge in [-0.3, -0.25) is 19.1 Å². The second kappa shape index (κ2) is 14.7. The van der Waals surface area contributed by atoms with Crippen molar-refractivity contribution in [3.63, 3.8) is 0 Å². The van der Waals surface area contributed by atoms with E-state index < -0.39 is 74.1 Å². The van der Waals surface area contributed by atoms with Gasteiger partial charge < -0.3 is 35.0 Å². The third kappa shape index (κ3) is 7.46. The number of pyridine rings is 1. The Bertz CT molecular complexity index is 1950. The molecule has 4 heterocycles. The Morgan fingerprint density at radius 3 is 2.52 bits per heavy atom. The molecule has 0 unspecified atom stereocenters. The monoisotopic (exact) mass is 766 g/mol. The number of carboxylic acid groups (broad SMARTS) is 1. The predicted molar refractivity (Wildman–Crippen MR) is 199 cm³/mol. The molecule has 2 saturated heterocycles. The maximum absolute atomic E-state index is 14.5. The summed E-state index contributed by atoms with van der Waals surface area (Å²) in [4.78, 5) is 63.0. The van der Waals surface area contributed by atoms with Crippen molar-refractivity contribution in [1.29, 1.82) is 0 Å². The lowest BCUT2D eigenvalue weighted by molar-refractivity contribution is -0.142. The van der Waals surface area contributed by atoms with Gasteiger partial charge in [0, 0.05) is 36.2 Å². The number of amides is 4. The maximum atomic E-state index is 14.5. The highest BCUT2D eigenvalue weighted by molar-refractivity contribution is 7.91. The Kier molecular flexibility index (Phi) is 10.3. The highest BCUT2D eigenvalue weighted by Gasteiger charge is 2.63. The Morgan fingerprint density at radius 1 is 1.09 bits per heavy atom. The molecule has 2 aliphatic carbocycles. The average molecular weight is 767 g/mol. The summed E-state index contributed by atoms with van der Waals surface area (Å²) in [7, 11) is -4.00. The fraction of sp³-hybridized carbons (Fsp3) is 0.605. The molecule has 2 aromatic rings. The molecule has 16 heteroatoms. The first-order valence-electron chi connectivity index (χ1n) is 18.9. The van der Waals surface area contributed by atoms with Gasteiger partial charge in [-0.15, -0.1) is 0 Å². The highest BCUT2D eigenvalue weighted by Crippen LogP contribution is 2.47. The van der Waals surface area contributed by atoms with Crippen LogP contribution >= 0.6 is 0 Å². The molecular weight excluding hydrogens is 717 g/mol. The number of hydrogen-bond acceptors (Lipinski definition) is 10. The summed E-state index contributed by atoms with van der Waals surface area (Å²) in [5.41, 5.74) is -0.597. The summed E-state index contributed by atoms with van der Waals surface area (Å²) >= 11 is 0. The van der Waals surface area contributed by atoms with Crippen LogP contribution in [0.4, 0.5) is 10.5 Å². The van der Waals surface area contributed by atoms with E-state index in [2.05, 4.69) is 20.3 Å². The zero-order chi connectivity index (χ0) is 38.4. The van der Waals surface area contributed by atoms with E-state index in [4.69, 9.17) is 14.5 Å². The zero-order valence-corrected chi connectivity index (χ0v) is 31.8. The molecular formula is C38H50N6O9S. The number of morpholine rings is 1. The van der Waals surface area contributed by atoms with Crippen molar-refractivity contribution in [1.82, 2.24) is 25.2 Å². The van der Waals surface area contributed by atoms with Crippen molar-refractivity contribution in [3.05, 3.63) is 42.6 Å². The lowest BCUT2D eigenvalue weighted by Gasteiger charge is -2.32. The van der Waals surface area contributed by atoms with Crippen molar-refractivity contribution in [3.8, 4) is 5.88 Å². The lowest BCUT2D eigenvalue weighted by atomic mass is 9.88. The van der Waals surface area contributed by atoms with Gasteiger partial charge in [0.2, 0.25) is 27.7 Å². The van der Waals surface area contributed by atoms with Crippen LogP contribution in [0.5, 0.6) is 5.88 Å². The highest BCUT2D eigenvalue weighted by atomic mass is 32.2. The molecule has 0 radical (unpaired) electrons. The minimum absolute atomic E-state index is 0.0257. The Balaban J connectivity index is 1.21. The molecule has 0 spiro atoms. The fourth-order valence-corrected chi connectivity index (χ4v) is 9.50. The van der Waals surface area contributed by atoms with Crippen LogP contribution in [0.2, 0.25) is 0 Å². The van der Waals surface area contributed by atoms with E-state index in [1.54, 1.807) is 13.1 Å². The molecule has 1 aromatic carbocycles. The van der Waals surface area contributed by atoms with Crippen LogP contribution in [-0.2, 0) is 29.1 Å². The number of sulfonamides is 1. The standard InChI is InChI=1S/C38H50N6O9S/c1-23-8-4-5-9-25-20-38(25,35(47)42-54(50,51)37(3)12-13-37)41-32(45)29-19-26(22-44(29)34(46)31(24(2)18-23)40-36(48)49)53-33-28-11-7-6-10-27(28)30(21-39-33)43-14-16-52-17-15-43/h5-7,9-11,21,23-26,29,31,40H,4,8,12-20,22H2,1-3H3,(H,41,45)(H,42,47)(H,48,49)/b9-5-/t23-,24-,25-,26-,29+,31+,38-/m1/s1. The Hall–Kier alpha value is -4.44. The van der Waals surface area contributed by atoms with Crippen molar-refractivity contribution in [2.75, 3.05) is 37.7 Å². The van der Waals surface area contributed by atoms with E-state index in [1.165, 1.54) is 4.90 Å². The summed E-state index contributed by atoms with van der Waals surface area (Å²) in [6.45, 7) is 8.03. The molecule has 7 atom stereocenters. The topological polar surface area (TPSA) is 197 Å². The van der Waals surface area contributed by atoms with Gasteiger partial charge in [0.15, 0.2) is 0 Å². The van der Waals surface area contributed by atoms with Crippen LogP contribution in [0, 0.1) is 17.8 Å². The molecule has 292 valence electrons. The van der Waals surface area contributed by atoms with Crippen LogP contribution in [0.3, 0.4) is 0 Å². The normalized spacial score (nSPS) is 31.9. The number of carbonyl (C=O) groups excluding carboxylic acids is 3. The van der Waals surface area contributed by atoms with E-state index >= 15 is 0 Å². The minimum Gasteiger partial charge on any atom is -0.472 e. The summed E-state index contributed by atoms with van der Waals surface area (Å²) < 4.78 is 39.6. The van der Waals surface area contributed by atoms with Crippen molar-refractivity contribution in [2.45, 2.75) is 94.2 Å². The lowest BCUT2D eigenvalue weighted by Crippen LogP contribution is -2.59. The number of aromatic nitrogens is 1. The molecule has 3 aliphatic heterocycles. The van der Waals surface area contributed by atoms with Crippen molar-refractivity contribution in [2.24, 2.45) is 17.8 Å². The molecule has 0 bridgehead atoms. The van der Waals surface area contributed by atoms with E-state index in [0.29, 0.717) is 57.9 Å². The summed E-state index contributed by atoms with van der Waals surface area (Å²) in [6, 6.07) is 5.41. The third-order valence-electron chi connectivity index (χ3n) is 11.9. The van der Waals surface area contributed by atoms with Gasteiger partial charge in [-0.2, -0.15) is 0 Å². The quantitative estimate of drug-likeness (QED) is 0.303. The summed E-state index contributed by atoms with van der Waals surface area (Å²) in [5, 5.41) is 16.8. The molecule has 4 amide bonds. The van der Waals surface area contributed by atoms with E-state index in [1.807, 2.05) is 50.3 Å². The van der Waals surface area contributed by atoms with Crippen LogP contribution in [-0.4, -0.2) is 109 Å². The smallest absolute Gasteiger partial charge is 0.405 e. The SMILES string of the molecule is C[C@@H]1CC/C=C\[C@@H]2C[C@@]2(C(=O)NS(=O)(=O)C2(C)CC2)NC(=O)[C@@H]2C[C@@H](Oc3ncc(N4CCOCC4)c4ccccc34)CN2C(=O)[C@@H](NC(=O)O)[C@H](C)C1. The third-order valence-corrected chi connectivity index (χ3v) is 14.1. The van der Waals surface area contributed by atoms with Crippen molar-refractivity contribution < 1.29 is 42.2 Å². The number of rotatable bonds is 7. The largest absolute Gasteiger partial charge is 0.472 e. The number of anilines is 1. The van der Waals surface area contributed by atoms with Gasteiger partial charge in [-0.1, -0.05) is 44.2 Å². The van der Waals surface area contributed by atoms with Crippen LogP contribution in [0.15, 0.2) is 42.6 Å². The second-order valence-corrected chi connectivity index (χ2v) is 18.2. The summed E-state index contributed by atoms with van der Waals surface area (Å²) in [6.07, 6.45) is 6.50.